The minimum absolute atomic E-state index is 0.00191. The third kappa shape index (κ3) is 3.38. The van der Waals surface area contributed by atoms with Crippen LogP contribution in [0.5, 0.6) is 0 Å². The van der Waals surface area contributed by atoms with Gasteiger partial charge in [-0.05, 0) is 47.5 Å². The fraction of sp³-hybridized carbons (Fsp3) is 0.214. The number of aromatic nitrogens is 3. The number of aryl methyl sites for hydroxylation is 1. The highest BCUT2D eigenvalue weighted by Gasteiger charge is 2.14. The molecule has 22 heavy (non-hydrogen) atoms. The molecule has 0 aromatic carbocycles. The second-order valence-electron chi connectivity index (χ2n) is 4.57. The molecule has 0 unspecified atom stereocenters. The Morgan fingerprint density at radius 1 is 1.45 bits per heavy atom. The van der Waals surface area contributed by atoms with Gasteiger partial charge in [0.1, 0.15) is 24.0 Å². The number of anilines is 1. The smallest absolute Gasteiger partial charge is 0.285 e. The van der Waals surface area contributed by atoms with Gasteiger partial charge in [-0.25, -0.2) is 9.67 Å². The maximum atomic E-state index is 12.1. The fourth-order valence-electron chi connectivity index (χ4n) is 1.78. The zero-order valence-electron chi connectivity index (χ0n) is 11.9. The Morgan fingerprint density at radius 3 is 2.77 bits per heavy atom. The predicted octanol–water partition coefficient (Wildman–Crippen LogP) is 1.53. The number of carbonyl (C=O) groups excluding carboxylic acids is 1. The first-order valence-electron chi connectivity index (χ1n) is 6.32. The van der Waals surface area contributed by atoms with Crippen LogP contribution in [-0.2, 0) is 11.3 Å². The Kier molecular flexibility index (Phi) is 4.68. The van der Waals surface area contributed by atoms with Crippen LogP contribution in [-0.4, -0.2) is 20.7 Å². The summed E-state index contributed by atoms with van der Waals surface area (Å²) in [4.78, 5) is 28.1. The van der Waals surface area contributed by atoms with Crippen LogP contribution in [0.25, 0.3) is 0 Å². The molecule has 2 heterocycles. The first-order chi connectivity index (χ1) is 10.4. The van der Waals surface area contributed by atoms with Crippen molar-refractivity contribution in [2.75, 3.05) is 5.32 Å². The summed E-state index contributed by atoms with van der Waals surface area (Å²) >= 11 is 3.24. The van der Waals surface area contributed by atoms with Crippen molar-refractivity contribution in [1.82, 2.24) is 14.8 Å². The normalized spacial score (nSPS) is 10.1. The lowest BCUT2D eigenvalue weighted by molar-refractivity contribution is -0.117. The molecule has 2 aromatic heterocycles. The average Bonchev–Trinajstić information content (AvgIpc) is 2.48. The van der Waals surface area contributed by atoms with Crippen molar-refractivity contribution in [3.8, 4) is 6.07 Å². The van der Waals surface area contributed by atoms with E-state index in [9.17, 15) is 9.59 Å². The minimum atomic E-state index is -0.579. The summed E-state index contributed by atoms with van der Waals surface area (Å²) < 4.78 is 1.77. The van der Waals surface area contributed by atoms with Gasteiger partial charge in [0, 0.05) is 10.7 Å². The molecular weight excluding hydrogens is 350 g/mol. The van der Waals surface area contributed by atoms with E-state index in [4.69, 9.17) is 5.26 Å². The summed E-state index contributed by atoms with van der Waals surface area (Å²) in [5, 5.41) is 15.6. The van der Waals surface area contributed by atoms with Crippen LogP contribution in [0.15, 0.2) is 27.6 Å². The van der Waals surface area contributed by atoms with E-state index in [1.807, 2.05) is 6.07 Å². The van der Waals surface area contributed by atoms with E-state index < -0.39 is 11.5 Å². The van der Waals surface area contributed by atoms with Crippen molar-refractivity contribution in [2.45, 2.75) is 20.4 Å². The van der Waals surface area contributed by atoms with Gasteiger partial charge >= 0.3 is 0 Å². The number of pyridine rings is 1. The summed E-state index contributed by atoms with van der Waals surface area (Å²) in [6.45, 7) is 3.05. The zero-order chi connectivity index (χ0) is 16.3. The van der Waals surface area contributed by atoms with E-state index in [2.05, 4.69) is 31.3 Å². The van der Waals surface area contributed by atoms with Crippen LogP contribution >= 0.6 is 15.9 Å². The van der Waals surface area contributed by atoms with Gasteiger partial charge in [0.25, 0.3) is 5.56 Å². The summed E-state index contributed by atoms with van der Waals surface area (Å²) in [6.07, 6.45) is 1.55. The van der Waals surface area contributed by atoms with Gasteiger partial charge in [0.15, 0.2) is 0 Å². The lowest BCUT2D eigenvalue weighted by Gasteiger charge is -2.09. The third-order valence-corrected chi connectivity index (χ3v) is 3.51. The van der Waals surface area contributed by atoms with Crippen molar-refractivity contribution in [2.24, 2.45) is 0 Å². The van der Waals surface area contributed by atoms with Crippen LogP contribution in [0, 0.1) is 25.2 Å². The number of nitriles is 1. The summed E-state index contributed by atoms with van der Waals surface area (Å²) in [7, 11) is 0. The van der Waals surface area contributed by atoms with E-state index in [1.54, 1.807) is 32.2 Å². The van der Waals surface area contributed by atoms with Gasteiger partial charge in [0.2, 0.25) is 5.91 Å². The van der Waals surface area contributed by atoms with Crippen LogP contribution in [0.3, 0.4) is 0 Å². The highest BCUT2D eigenvalue weighted by atomic mass is 79.9. The number of amides is 1. The molecule has 1 N–H and O–H groups in total. The monoisotopic (exact) mass is 361 g/mol. The molecule has 1 amide bonds. The van der Waals surface area contributed by atoms with Crippen molar-refractivity contribution < 1.29 is 4.79 Å². The molecular formula is C14H12BrN5O2. The Balaban J connectivity index is 2.22. The highest BCUT2D eigenvalue weighted by molar-refractivity contribution is 9.10. The Hall–Kier alpha value is -2.53. The Bertz CT molecular complexity index is 821. The van der Waals surface area contributed by atoms with Gasteiger partial charge in [-0.1, -0.05) is 0 Å². The highest BCUT2D eigenvalue weighted by Crippen LogP contribution is 2.10. The molecule has 0 atom stereocenters. The average molecular weight is 362 g/mol. The largest absolute Gasteiger partial charge is 0.309 e. The second kappa shape index (κ2) is 6.49. The van der Waals surface area contributed by atoms with Crippen LogP contribution in [0.2, 0.25) is 0 Å². The van der Waals surface area contributed by atoms with E-state index >= 15 is 0 Å². The number of carbonyl (C=O) groups is 1. The van der Waals surface area contributed by atoms with Crippen LogP contribution in [0.1, 0.15) is 16.8 Å². The van der Waals surface area contributed by atoms with Crippen molar-refractivity contribution in [1.29, 1.82) is 5.26 Å². The molecule has 0 fully saturated rings. The van der Waals surface area contributed by atoms with Gasteiger partial charge in [-0.2, -0.15) is 10.4 Å². The first kappa shape index (κ1) is 15.9. The topological polar surface area (TPSA) is 101 Å². The number of rotatable bonds is 3. The van der Waals surface area contributed by atoms with Crippen molar-refractivity contribution >= 4 is 27.7 Å². The Morgan fingerprint density at radius 2 is 2.18 bits per heavy atom. The first-order valence-corrected chi connectivity index (χ1v) is 7.11. The van der Waals surface area contributed by atoms with E-state index in [-0.39, 0.29) is 12.1 Å². The fourth-order valence-corrected chi connectivity index (χ4v) is 2.01. The third-order valence-electron chi connectivity index (χ3n) is 3.04. The van der Waals surface area contributed by atoms with Gasteiger partial charge < -0.3 is 5.32 Å². The summed E-state index contributed by atoms with van der Waals surface area (Å²) in [6, 6.07) is 5.21. The minimum Gasteiger partial charge on any atom is -0.309 e. The molecule has 0 spiro atoms. The number of hydrogen-bond donors (Lipinski definition) is 1. The number of hydrogen-bond acceptors (Lipinski definition) is 5. The lowest BCUT2D eigenvalue weighted by atomic mass is 10.1. The molecule has 112 valence electrons. The Labute approximate surface area is 134 Å². The number of nitrogens with zero attached hydrogens (tertiary/aromatic N) is 4. The lowest BCUT2D eigenvalue weighted by Crippen LogP contribution is -2.32. The molecule has 0 aliphatic heterocycles. The molecule has 0 saturated carbocycles. The zero-order valence-corrected chi connectivity index (χ0v) is 13.5. The SMILES string of the molecule is Cc1nn(CC(=O)Nc2ccc(Br)cn2)c(=O)c(C#N)c1C. The maximum absolute atomic E-state index is 12.1. The molecule has 0 bridgehead atoms. The molecule has 0 radical (unpaired) electrons. The van der Waals surface area contributed by atoms with Crippen molar-refractivity contribution in [3.05, 3.63) is 50.0 Å². The van der Waals surface area contributed by atoms with E-state index in [0.29, 0.717) is 17.1 Å². The molecule has 2 rings (SSSR count). The summed E-state index contributed by atoms with van der Waals surface area (Å²) in [5.41, 5.74) is 0.482. The predicted molar refractivity (Wildman–Crippen MR) is 83.3 cm³/mol. The number of halogens is 1. The van der Waals surface area contributed by atoms with E-state index in [1.165, 1.54) is 0 Å². The maximum Gasteiger partial charge on any atom is 0.285 e. The van der Waals surface area contributed by atoms with Gasteiger partial charge in [-0.3, -0.25) is 9.59 Å². The molecule has 7 nitrogen and oxygen atoms in total. The number of nitrogens with one attached hydrogen (secondary N) is 1. The second-order valence-corrected chi connectivity index (χ2v) is 5.49. The van der Waals surface area contributed by atoms with E-state index in [0.717, 1.165) is 9.15 Å². The quantitative estimate of drug-likeness (QED) is 0.892. The van der Waals surface area contributed by atoms with Gasteiger partial charge in [0.05, 0.1) is 5.69 Å². The van der Waals surface area contributed by atoms with Crippen LogP contribution in [0.4, 0.5) is 5.82 Å². The standard InChI is InChI=1S/C14H12BrN5O2/c1-8-9(2)19-20(14(22)11(8)5-16)7-13(21)18-12-4-3-10(15)6-17-12/h3-4,6H,7H2,1-2H3,(H,17,18,21). The molecule has 8 heteroatoms. The molecule has 0 saturated heterocycles. The van der Waals surface area contributed by atoms with Gasteiger partial charge in [-0.15, -0.1) is 0 Å². The molecule has 0 aliphatic carbocycles. The molecule has 2 aromatic rings. The van der Waals surface area contributed by atoms with Crippen molar-refractivity contribution in [3.63, 3.8) is 0 Å². The summed E-state index contributed by atoms with van der Waals surface area (Å²) in [5.74, 6) is -0.0813. The molecule has 0 aliphatic rings. The van der Waals surface area contributed by atoms with Crippen LogP contribution < -0.4 is 10.9 Å².